The molecule has 0 amide bonds. The third-order valence-electron chi connectivity index (χ3n) is 5.90. The molecule has 3 aromatic rings. The summed E-state index contributed by atoms with van der Waals surface area (Å²) in [5, 5.41) is 11.3. The van der Waals surface area contributed by atoms with Crippen LogP contribution in [0.15, 0.2) is 71.1 Å². The Bertz CT molecular complexity index is 1070. The largest absolute Gasteiger partial charge is 0.466 e. The fourth-order valence-corrected chi connectivity index (χ4v) is 5.00. The van der Waals surface area contributed by atoms with Gasteiger partial charge in [0.15, 0.2) is 0 Å². The van der Waals surface area contributed by atoms with Gasteiger partial charge in [-0.25, -0.2) is 4.98 Å². The standard InChI is InChI=1S/C26H30N4O2S/c1-3-21-23(29-30-26-27-20(17-33-26)15-24(31)32-4-2)16-22(18-11-7-5-8-12-18)28-25(21)19-13-9-6-10-14-19/h5-14,17,21-22,25,28H,3-4,15-16H2,1-2H3,(H,27,30)/b29-23-. The minimum atomic E-state index is -0.263. The number of carbonyl (C=O) groups excluding carboxylic acids is 1. The van der Waals surface area contributed by atoms with Crippen LogP contribution in [0.4, 0.5) is 5.13 Å². The van der Waals surface area contributed by atoms with Crippen molar-refractivity contribution in [2.75, 3.05) is 12.0 Å². The number of aromatic nitrogens is 1. The van der Waals surface area contributed by atoms with E-state index >= 15 is 0 Å². The van der Waals surface area contributed by atoms with Crippen molar-refractivity contribution in [1.29, 1.82) is 0 Å². The Balaban J connectivity index is 1.57. The molecule has 1 saturated heterocycles. The minimum absolute atomic E-state index is 0.173. The van der Waals surface area contributed by atoms with E-state index < -0.39 is 0 Å². The van der Waals surface area contributed by atoms with E-state index in [4.69, 9.17) is 9.84 Å². The zero-order valence-electron chi connectivity index (χ0n) is 19.0. The van der Waals surface area contributed by atoms with Crippen LogP contribution in [0.25, 0.3) is 0 Å². The monoisotopic (exact) mass is 462 g/mol. The van der Waals surface area contributed by atoms with Gasteiger partial charge in [0.1, 0.15) is 0 Å². The van der Waals surface area contributed by atoms with Crippen molar-refractivity contribution in [2.45, 2.75) is 45.2 Å². The van der Waals surface area contributed by atoms with Gasteiger partial charge < -0.3 is 10.1 Å². The molecule has 4 rings (SSSR count). The molecule has 3 unspecified atom stereocenters. The summed E-state index contributed by atoms with van der Waals surface area (Å²) in [5.41, 5.74) is 7.51. The molecule has 2 N–H and O–H groups in total. The fourth-order valence-electron chi connectivity index (χ4n) is 4.35. The van der Waals surface area contributed by atoms with Crippen molar-refractivity contribution in [3.8, 4) is 0 Å². The number of nitrogens with one attached hydrogen (secondary N) is 2. The number of carbonyl (C=O) groups is 1. The van der Waals surface area contributed by atoms with Gasteiger partial charge in [0.25, 0.3) is 0 Å². The second-order valence-corrected chi connectivity index (χ2v) is 8.94. The highest BCUT2D eigenvalue weighted by molar-refractivity contribution is 7.13. The lowest BCUT2D eigenvalue weighted by Crippen LogP contribution is -2.42. The van der Waals surface area contributed by atoms with E-state index in [0.29, 0.717) is 17.4 Å². The highest BCUT2D eigenvalue weighted by Crippen LogP contribution is 2.37. The van der Waals surface area contributed by atoms with Gasteiger partial charge in [0.2, 0.25) is 5.13 Å². The number of piperidine rings is 1. The Kier molecular flexibility index (Phi) is 7.86. The molecule has 6 nitrogen and oxygen atoms in total. The van der Waals surface area contributed by atoms with Crippen molar-refractivity contribution in [3.63, 3.8) is 0 Å². The van der Waals surface area contributed by atoms with Crippen LogP contribution in [-0.4, -0.2) is 23.3 Å². The van der Waals surface area contributed by atoms with Crippen molar-refractivity contribution in [3.05, 3.63) is 82.9 Å². The van der Waals surface area contributed by atoms with Gasteiger partial charge in [-0.1, -0.05) is 67.6 Å². The number of hydrogen-bond acceptors (Lipinski definition) is 7. The lowest BCUT2D eigenvalue weighted by atomic mass is 9.79. The molecule has 0 radical (unpaired) electrons. The fraction of sp³-hybridized carbons (Fsp3) is 0.346. The summed E-state index contributed by atoms with van der Waals surface area (Å²) in [6, 6.07) is 21.5. The molecule has 0 saturated carbocycles. The van der Waals surface area contributed by atoms with Crippen LogP contribution in [0.5, 0.6) is 0 Å². The summed E-state index contributed by atoms with van der Waals surface area (Å²) in [4.78, 5) is 16.2. The third kappa shape index (κ3) is 5.86. The van der Waals surface area contributed by atoms with Gasteiger partial charge in [-0.15, -0.1) is 11.3 Å². The predicted molar refractivity (Wildman–Crippen MR) is 133 cm³/mol. The average molecular weight is 463 g/mol. The number of hydrogen-bond donors (Lipinski definition) is 2. The van der Waals surface area contributed by atoms with Crippen LogP contribution in [0.1, 0.15) is 55.6 Å². The Morgan fingerprint density at radius 2 is 1.82 bits per heavy atom. The Morgan fingerprint density at radius 1 is 1.12 bits per heavy atom. The molecule has 7 heteroatoms. The van der Waals surface area contributed by atoms with Crippen LogP contribution in [0.3, 0.4) is 0 Å². The molecular formula is C26H30N4O2S. The van der Waals surface area contributed by atoms with Gasteiger partial charge >= 0.3 is 5.97 Å². The first-order chi connectivity index (χ1) is 16.2. The number of nitrogens with zero attached hydrogens (tertiary/aromatic N) is 2. The maximum Gasteiger partial charge on any atom is 0.311 e. The quantitative estimate of drug-likeness (QED) is 0.341. The lowest BCUT2D eigenvalue weighted by Gasteiger charge is -2.39. The molecule has 0 bridgehead atoms. The number of ether oxygens (including phenoxy) is 1. The van der Waals surface area contributed by atoms with Gasteiger partial charge in [-0.2, -0.15) is 5.10 Å². The van der Waals surface area contributed by atoms with Crippen molar-refractivity contribution in [1.82, 2.24) is 10.3 Å². The van der Waals surface area contributed by atoms with E-state index in [2.05, 4.69) is 77.2 Å². The summed E-state index contributed by atoms with van der Waals surface area (Å²) in [5.74, 6) is 0.000276. The molecule has 1 aliphatic heterocycles. The van der Waals surface area contributed by atoms with Gasteiger partial charge in [0, 0.05) is 35.5 Å². The first-order valence-electron chi connectivity index (χ1n) is 11.5. The summed E-state index contributed by atoms with van der Waals surface area (Å²) < 4.78 is 5.02. The number of esters is 1. The van der Waals surface area contributed by atoms with Crippen molar-refractivity contribution in [2.24, 2.45) is 11.0 Å². The Morgan fingerprint density at radius 3 is 2.48 bits per heavy atom. The highest BCUT2D eigenvalue weighted by Gasteiger charge is 2.35. The topological polar surface area (TPSA) is 75.6 Å². The molecular weight excluding hydrogens is 432 g/mol. The van der Waals surface area contributed by atoms with Crippen LogP contribution in [-0.2, 0) is 16.0 Å². The second-order valence-electron chi connectivity index (χ2n) is 8.08. The van der Waals surface area contributed by atoms with E-state index in [1.54, 1.807) is 6.92 Å². The van der Waals surface area contributed by atoms with Crippen LogP contribution in [0.2, 0.25) is 0 Å². The number of hydrazone groups is 1. The molecule has 1 aromatic heterocycles. The van der Waals surface area contributed by atoms with E-state index in [1.165, 1.54) is 22.5 Å². The van der Waals surface area contributed by atoms with Crippen LogP contribution >= 0.6 is 11.3 Å². The van der Waals surface area contributed by atoms with Crippen LogP contribution in [0, 0.1) is 5.92 Å². The van der Waals surface area contributed by atoms with E-state index in [-0.39, 0.29) is 30.4 Å². The predicted octanol–water partition coefficient (Wildman–Crippen LogP) is 5.52. The number of anilines is 1. The molecule has 33 heavy (non-hydrogen) atoms. The van der Waals surface area contributed by atoms with E-state index in [9.17, 15) is 4.79 Å². The molecule has 1 fully saturated rings. The van der Waals surface area contributed by atoms with Gasteiger partial charge in [-0.3, -0.25) is 10.2 Å². The normalized spacial score (nSPS) is 21.6. The molecule has 2 aromatic carbocycles. The zero-order valence-corrected chi connectivity index (χ0v) is 19.8. The van der Waals surface area contributed by atoms with E-state index in [1.807, 2.05) is 11.4 Å². The molecule has 3 atom stereocenters. The molecule has 172 valence electrons. The first-order valence-corrected chi connectivity index (χ1v) is 12.3. The SMILES string of the molecule is CCOC(=O)Cc1csc(N/N=C2/CC(c3ccccc3)NC(c3ccccc3)C2CC)n1. The smallest absolute Gasteiger partial charge is 0.311 e. The summed E-state index contributed by atoms with van der Waals surface area (Å²) in [7, 11) is 0. The summed E-state index contributed by atoms with van der Waals surface area (Å²) in [6.07, 6.45) is 1.97. The zero-order chi connectivity index (χ0) is 23.0. The lowest BCUT2D eigenvalue weighted by molar-refractivity contribution is -0.142. The second kappa shape index (κ2) is 11.2. The Hall–Kier alpha value is -3.03. The maximum atomic E-state index is 11.7. The summed E-state index contributed by atoms with van der Waals surface area (Å²) in [6.45, 7) is 4.39. The molecule has 2 heterocycles. The molecule has 0 aliphatic carbocycles. The third-order valence-corrected chi connectivity index (χ3v) is 6.70. The van der Waals surface area contributed by atoms with Crippen molar-refractivity contribution < 1.29 is 9.53 Å². The number of thiazole rings is 1. The number of benzene rings is 2. The average Bonchev–Trinajstić information content (AvgIpc) is 3.30. The van der Waals surface area contributed by atoms with Crippen molar-refractivity contribution >= 4 is 28.1 Å². The van der Waals surface area contributed by atoms with Gasteiger partial charge in [0.05, 0.1) is 18.7 Å². The maximum absolute atomic E-state index is 11.7. The minimum Gasteiger partial charge on any atom is -0.466 e. The highest BCUT2D eigenvalue weighted by atomic mass is 32.1. The first kappa shape index (κ1) is 23.1. The van der Waals surface area contributed by atoms with Crippen LogP contribution < -0.4 is 10.7 Å². The van der Waals surface area contributed by atoms with Gasteiger partial charge in [-0.05, 0) is 24.5 Å². The molecule has 1 aliphatic rings. The summed E-state index contributed by atoms with van der Waals surface area (Å²) >= 11 is 1.45. The van der Waals surface area contributed by atoms with E-state index in [0.717, 1.165) is 18.6 Å². The molecule has 0 spiro atoms. The Labute approximate surface area is 199 Å². The number of rotatable bonds is 8.